The van der Waals surface area contributed by atoms with Crippen LogP contribution in [0, 0.1) is 5.92 Å². The minimum Gasteiger partial charge on any atom is -0.320 e. The highest BCUT2D eigenvalue weighted by Crippen LogP contribution is 2.22. The van der Waals surface area contributed by atoms with Gasteiger partial charge in [0.1, 0.15) is 5.82 Å². The van der Waals surface area contributed by atoms with Crippen molar-refractivity contribution < 1.29 is 9.59 Å². The molecule has 3 amide bonds. The molecular formula is C19H25N5O2. The Kier molecular flexibility index (Phi) is 5.37. The first kappa shape index (κ1) is 18.1. The normalized spacial score (nSPS) is 16.6. The number of fused-ring (bicyclic) bond motifs is 1. The summed E-state index contributed by atoms with van der Waals surface area (Å²) in [7, 11) is 0. The van der Waals surface area contributed by atoms with E-state index in [9.17, 15) is 9.59 Å². The Labute approximate surface area is 153 Å². The molecule has 2 aromatic rings. The summed E-state index contributed by atoms with van der Waals surface area (Å²) in [6.07, 6.45) is 3.20. The minimum absolute atomic E-state index is 0.0627. The van der Waals surface area contributed by atoms with Crippen molar-refractivity contribution in [1.29, 1.82) is 0 Å². The number of hydrogen-bond donors (Lipinski definition) is 2. The summed E-state index contributed by atoms with van der Waals surface area (Å²) in [6.45, 7) is 4.93. The molecule has 0 saturated carbocycles. The number of hydrogen-bond acceptors (Lipinski definition) is 4. The molecule has 3 rings (SSSR count). The number of hydrazine groups is 1. The van der Waals surface area contributed by atoms with Gasteiger partial charge in [-0.2, -0.15) is 0 Å². The summed E-state index contributed by atoms with van der Waals surface area (Å²) in [5.41, 5.74) is 6.08. The zero-order valence-electron chi connectivity index (χ0n) is 15.2. The fourth-order valence-corrected chi connectivity index (χ4v) is 3.11. The van der Waals surface area contributed by atoms with E-state index in [1.54, 1.807) is 6.20 Å². The first-order chi connectivity index (χ1) is 12.5. The lowest BCUT2D eigenvalue weighted by Gasteiger charge is -2.31. The highest BCUT2D eigenvalue weighted by atomic mass is 16.2. The van der Waals surface area contributed by atoms with Gasteiger partial charge in [-0.3, -0.25) is 10.1 Å². The highest BCUT2D eigenvalue weighted by molar-refractivity contribution is 6.00. The maximum atomic E-state index is 12.8. The van der Waals surface area contributed by atoms with Crippen molar-refractivity contribution in [3.8, 4) is 0 Å². The van der Waals surface area contributed by atoms with Crippen LogP contribution >= 0.6 is 0 Å². The molecule has 0 radical (unpaired) electrons. The number of benzene rings is 1. The number of urea groups is 1. The Morgan fingerprint density at radius 3 is 2.73 bits per heavy atom. The van der Waals surface area contributed by atoms with Crippen LogP contribution in [0.3, 0.4) is 0 Å². The molecule has 3 N–H and O–H groups in total. The van der Waals surface area contributed by atoms with Gasteiger partial charge in [0.2, 0.25) is 0 Å². The van der Waals surface area contributed by atoms with Crippen LogP contribution in [0.15, 0.2) is 36.5 Å². The predicted molar refractivity (Wildman–Crippen MR) is 101 cm³/mol. The third-order valence-corrected chi connectivity index (χ3v) is 4.96. The first-order valence-electron chi connectivity index (χ1n) is 9.02. The van der Waals surface area contributed by atoms with Crippen LogP contribution in [0.4, 0.5) is 10.6 Å². The monoisotopic (exact) mass is 355 g/mol. The van der Waals surface area contributed by atoms with Crippen LogP contribution in [-0.2, 0) is 4.79 Å². The van der Waals surface area contributed by atoms with Gasteiger partial charge in [-0.05, 0) is 23.8 Å². The van der Waals surface area contributed by atoms with Gasteiger partial charge in [0, 0.05) is 24.7 Å². The average molecular weight is 355 g/mol. The average Bonchev–Trinajstić information content (AvgIpc) is 3.16. The van der Waals surface area contributed by atoms with Gasteiger partial charge in [-0.15, -0.1) is 0 Å². The SMILES string of the molecule is CC[C@H](C)[C@H](N)C(=O)N1CCCN1C(=O)Nc1nccc2ccccc12. The molecule has 0 unspecified atom stereocenters. The van der Waals surface area contributed by atoms with Crippen molar-refractivity contribution in [1.82, 2.24) is 15.0 Å². The van der Waals surface area contributed by atoms with Gasteiger partial charge in [0.05, 0.1) is 6.04 Å². The number of carbonyl (C=O) groups excluding carboxylic acids is 2. The Morgan fingerprint density at radius 2 is 1.96 bits per heavy atom. The number of nitrogens with two attached hydrogens (primary N) is 1. The van der Waals surface area contributed by atoms with E-state index in [4.69, 9.17) is 5.73 Å². The first-order valence-corrected chi connectivity index (χ1v) is 9.02. The number of aromatic nitrogens is 1. The number of nitrogens with one attached hydrogen (secondary N) is 1. The summed E-state index contributed by atoms with van der Waals surface area (Å²) >= 11 is 0. The zero-order valence-corrected chi connectivity index (χ0v) is 15.2. The number of rotatable bonds is 4. The molecule has 1 aromatic heterocycles. The largest absolute Gasteiger partial charge is 0.341 e. The van der Waals surface area contributed by atoms with Gasteiger partial charge < -0.3 is 5.73 Å². The van der Waals surface area contributed by atoms with Crippen molar-refractivity contribution in [3.63, 3.8) is 0 Å². The molecule has 7 nitrogen and oxygen atoms in total. The summed E-state index contributed by atoms with van der Waals surface area (Å²) in [5, 5.41) is 7.59. The highest BCUT2D eigenvalue weighted by Gasteiger charge is 2.35. The number of anilines is 1. The van der Waals surface area contributed by atoms with Crippen molar-refractivity contribution in [2.24, 2.45) is 11.7 Å². The molecule has 138 valence electrons. The molecule has 1 aliphatic rings. The van der Waals surface area contributed by atoms with E-state index in [-0.39, 0.29) is 17.9 Å². The van der Waals surface area contributed by atoms with E-state index in [1.165, 1.54) is 10.0 Å². The quantitative estimate of drug-likeness (QED) is 0.882. The molecule has 0 bridgehead atoms. The lowest BCUT2D eigenvalue weighted by Crippen LogP contribution is -2.53. The molecule has 1 saturated heterocycles. The summed E-state index contributed by atoms with van der Waals surface area (Å²) in [5.74, 6) is 0.337. The van der Waals surface area contributed by atoms with Gasteiger partial charge in [0.25, 0.3) is 5.91 Å². The standard InChI is InChI=1S/C19H25N5O2/c1-3-13(2)16(20)18(25)23-11-6-12-24(23)19(26)22-17-15-8-5-4-7-14(15)9-10-21-17/h4-5,7-10,13,16H,3,6,11-12,20H2,1-2H3,(H,21,22,26)/t13-,16-/m0/s1. The molecular weight excluding hydrogens is 330 g/mol. The summed E-state index contributed by atoms with van der Waals surface area (Å²) in [6, 6.07) is 8.62. The summed E-state index contributed by atoms with van der Waals surface area (Å²) < 4.78 is 0. The Balaban J connectivity index is 1.77. The third kappa shape index (κ3) is 3.48. The van der Waals surface area contributed by atoms with Crippen molar-refractivity contribution in [2.75, 3.05) is 18.4 Å². The van der Waals surface area contributed by atoms with Crippen LogP contribution in [0.5, 0.6) is 0 Å². The number of amides is 3. The van der Waals surface area contributed by atoms with E-state index in [0.29, 0.717) is 18.9 Å². The van der Waals surface area contributed by atoms with Crippen LogP contribution in [0.1, 0.15) is 26.7 Å². The lowest BCUT2D eigenvalue weighted by molar-refractivity contribution is -0.142. The molecule has 1 aromatic carbocycles. The van der Waals surface area contributed by atoms with Crippen LogP contribution < -0.4 is 11.1 Å². The van der Waals surface area contributed by atoms with E-state index in [0.717, 1.165) is 23.6 Å². The Hall–Kier alpha value is -2.67. The maximum absolute atomic E-state index is 12.8. The van der Waals surface area contributed by atoms with Crippen LogP contribution in [0.25, 0.3) is 10.8 Å². The fourth-order valence-electron chi connectivity index (χ4n) is 3.11. The second-order valence-electron chi connectivity index (χ2n) is 6.66. The smallest absolute Gasteiger partial charge is 0.320 e. The van der Waals surface area contributed by atoms with E-state index < -0.39 is 6.04 Å². The van der Waals surface area contributed by atoms with Gasteiger partial charge in [-0.1, -0.05) is 44.5 Å². The fraction of sp³-hybridized carbons (Fsp3) is 0.421. The molecule has 0 spiro atoms. The second-order valence-corrected chi connectivity index (χ2v) is 6.66. The Bertz CT molecular complexity index is 804. The van der Waals surface area contributed by atoms with Crippen LogP contribution in [0.2, 0.25) is 0 Å². The molecule has 1 aliphatic heterocycles. The third-order valence-electron chi connectivity index (χ3n) is 4.96. The number of nitrogens with zero attached hydrogens (tertiary/aromatic N) is 3. The topological polar surface area (TPSA) is 91.6 Å². The molecule has 26 heavy (non-hydrogen) atoms. The van der Waals surface area contributed by atoms with Gasteiger partial charge in [0.15, 0.2) is 0 Å². The minimum atomic E-state index is -0.607. The molecule has 7 heteroatoms. The van der Waals surface area contributed by atoms with Crippen molar-refractivity contribution in [3.05, 3.63) is 36.5 Å². The summed E-state index contributed by atoms with van der Waals surface area (Å²) in [4.78, 5) is 29.7. The van der Waals surface area contributed by atoms with Crippen molar-refractivity contribution in [2.45, 2.75) is 32.7 Å². The van der Waals surface area contributed by atoms with Crippen molar-refractivity contribution >= 4 is 28.5 Å². The van der Waals surface area contributed by atoms with Gasteiger partial charge >= 0.3 is 6.03 Å². The molecule has 2 atom stereocenters. The number of carbonyl (C=O) groups is 2. The lowest BCUT2D eigenvalue weighted by atomic mass is 9.99. The predicted octanol–water partition coefficient (Wildman–Crippen LogP) is 2.59. The Morgan fingerprint density at radius 1 is 1.23 bits per heavy atom. The van der Waals surface area contributed by atoms with Crippen LogP contribution in [-0.4, -0.2) is 46.1 Å². The molecule has 1 fully saturated rings. The zero-order chi connectivity index (χ0) is 18.7. The van der Waals surface area contributed by atoms with E-state index in [2.05, 4.69) is 10.3 Å². The maximum Gasteiger partial charge on any atom is 0.341 e. The second kappa shape index (κ2) is 7.70. The van der Waals surface area contributed by atoms with E-state index in [1.807, 2.05) is 44.2 Å². The molecule has 0 aliphatic carbocycles. The van der Waals surface area contributed by atoms with Gasteiger partial charge in [-0.25, -0.2) is 19.8 Å². The molecule has 2 heterocycles. The van der Waals surface area contributed by atoms with E-state index >= 15 is 0 Å². The number of pyridine rings is 1.